The molecule has 12 nitrogen and oxygen atoms in total. The summed E-state index contributed by atoms with van der Waals surface area (Å²) in [6, 6.07) is -0.512. The molecule has 0 bridgehead atoms. The predicted molar refractivity (Wildman–Crippen MR) is 139 cm³/mol. The molecule has 1 fully saturated rings. The van der Waals surface area contributed by atoms with Gasteiger partial charge in [-0.25, -0.2) is 4.98 Å². The van der Waals surface area contributed by atoms with Gasteiger partial charge >= 0.3 is 0 Å². The lowest BCUT2D eigenvalue weighted by Crippen LogP contribution is -2.51. The van der Waals surface area contributed by atoms with Gasteiger partial charge in [-0.3, -0.25) is 4.79 Å². The summed E-state index contributed by atoms with van der Waals surface area (Å²) in [5, 5.41) is 17.6. The molecule has 3 N–H and O–H groups in total. The summed E-state index contributed by atoms with van der Waals surface area (Å²) in [6.07, 6.45) is 1.66. The molecule has 2 aromatic rings. The van der Waals surface area contributed by atoms with Crippen molar-refractivity contribution in [3.63, 3.8) is 0 Å². The minimum Gasteiger partial charge on any atom is -0.491 e. The third-order valence-corrected chi connectivity index (χ3v) is 6.88. The Morgan fingerprint density at radius 2 is 1.78 bits per heavy atom. The number of aromatic nitrogens is 2. The number of rotatable bonds is 8. The van der Waals surface area contributed by atoms with Gasteiger partial charge in [0.15, 0.2) is 11.5 Å². The van der Waals surface area contributed by atoms with Crippen LogP contribution in [0.2, 0.25) is 10.0 Å². The average Bonchev–Trinajstić information content (AvgIpc) is 3.32. The van der Waals surface area contributed by atoms with Crippen LogP contribution in [-0.4, -0.2) is 81.0 Å². The number of hydrogen-bond donors (Lipinski definition) is 3. The predicted octanol–water partition coefficient (Wildman–Crippen LogP) is 2.02. The molecular weight excluding hydrogens is 527 g/mol. The molecule has 1 aromatic heterocycles. The molecule has 200 valence electrons. The zero-order valence-electron chi connectivity index (χ0n) is 20.7. The van der Waals surface area contributed by atoms with Crippen molar-refractivity contribution in [1.29, 1.82) is 0 Å². The van der Waals surface area contributed by atoms with Crippen LogP contribution < -0.4 is 34.6 Å². The highest BCUT2D eigenvalue weighted by molar-refractivity contribution is 6.41. The molecule has 37 heavy (non-hydrogen) atoms. The molecule has 4 rings (SSSR count). The molecule has 0 spiro atoms. The second kappa shape index (κ2) is 11.1. The van der Waals surface area contributed by atoms with E-state index >= 15 is 0 Å². The molecule has 0 aliphatic carbocycles. The van der Waals surface area contributed by atoms with Gasteiger partial charge < -0.3 is 44.5 Å². The Morgan fingerprint density at radius 3 is 2.38 bits per heavy atom. The van der Waals surface area contributed by atoms with Gasteiger partial charge in [0.1, 0.15) is 15.9 Å². The Morgan fingerprint density at radius 1 is 1.16 bits per heavy atom. The SMILES string of the molecule is C=CC(=O)NC1COCC1Nc1ncc2c(n1)N(C)C(O)N(c1c(Cl)c(OC)c(OC)c(OC)c1Cl)C2. The molecule has 0 radical (unpaired) electrons. The number of aliphatic hydroxyl groups excluding tert-OH is 1. The first-order valence-corrected chi connectivity index (χ1v) is 12.0. The highest BCUT2D eigenvalue weighted by Gasteiger charge is 2.37. The molecule has 1 saturated heterocycles. The number of aliphatic hydroxyl groups is 1. The highest BCUT2D eigenvalue weighted by atomic mass is 35.5. The number of carbonyl (C=O) groups is 1. The smallest absolute Gasteiger partial charge is 0.243 e. The van der Waals surface area contributed by atoms with Crippen LogP contribution in [0.25, 0.3) is 0 Å². The fourth-order valence-corrected chi connectivity index (χ4v) is 5.11. The van der Waals surface area contributed by atoms with E-state index in [-0.39, 0.29) is 51.8 Å². The number of anilines is 3. The van der Waals surface area contributed by atoms with Crippen molar-refractivity contribution < 1.29 is 28.8 Å². The summed E-state index contributed by atoms with van der Waals surface area (Å²) in [6.45, 7) is 4.38. The van der Waals surface area contributed by atoms with E-state index in [9.17, 15) is 9.90 Å². The molecule has 3 unspecified atom stereocenters. The minimum atomic E-state index is -1.19. The topological polar surface area (TPSA) is 131 Å². The summed E-state index contributed by atoms with van der Waals surface area (Å²) < 4.78 is 21.8. The quantitative estimate of drug-likeness (QED) is 0.414. The van der Waals surface area contributed by atoms with Gasteiger partial charge in [0.05, 0.1) is 58.9 Å². The van der Waals surface area contributed by atoms with E-state index in [0.29, 0.717) is 36.2 Å². The van der Waals surface area contributed by atoms with Crippen molar-refractivity contribution in [3.8, 4) is 17.2 Å². The van der Waals surface area contributed by atoms with E-state index in [2.05, 4.69) is 27.2 Å². The molecular formula is C23H28Cl2N6O6. The lowest BCUT2D eigenvalue weighted by molar-refractivity contribution is -0.117. The number of nitrogens with zero attached hydrogens (tertiary/aromatic N) is 4. The van der Waals surface area contributed by atoms with E-state index in [1.165, 1.54) is 27.4 Å². The Kier molecular flexibility index (Phi) is 8.02. The van der Waals surface area contributed by atoms with Crippen LogP contribution in [0.5, 0.6) is 17.2 Å². The summed E-state index contributed by atoms with van der Waals surface area (Å²) in [4.78, 5) is 23.9. The number of methoxy groups -OCH3 is 3. The Balaban J connectivity index is 1.65. The Labute approximate surface area is 224 Å². The molecule has 2 aliphatic heterocycles. The van der Waals surface area contributed by atoms with Gasteiger partial charge in [-0.15, -0.1) is 0 Å². The number of ether oxygens (including phenoxy) is 4. The number of halogens is 2. The first-order valence-electron chi connectivity index (χ1n) is 11.2. The zero-order valence-corrected chi connectivity index (χ0v) is 22.3. The van der Waals surface area contributed by atoms with E-state index in [1.54, 1.807) is 23.0 Å². The number of amides is 1. The van der Waals surface area contributed by atoms with Gasteiger partial charge in [-0.05, 0) is 6.08 Å². The molecule has 3 atom stereocenters. The van der Waals surface area contributed by atoms with Crippen molar-refractivity contribution in [2.45, 2.75) is 25.0 Å². The number of benzene rings is 1. The summed E-state index contributed by atoms with van der Waals surface area (Å²) in [5.74, 6) is 1.21. The number of fused-ring (bicyclic) bond motifs is 1. The van der Waals surface area contributed by atoms with Gasteiger partial charge in [-0.2, -0.15) is 4.98 Å². The van der Waals surface area contributed by atoms with Crippen molar-refractivity contribution >= 4 is 46.6 Å². The highest BCUT2D eigenvalue weighted by Crippen LogP contribution is 2.54. The average molecular weight is 555 g/mol. The van der Waals surface area contributed by atoms with Crippen LogP contribution in [0.15, 0.2) is 18.9 Å². The standard InChI is InChI=1S/C23H28Cl2N6O6/c1-6-14(32)27-12-9-37-10-13(12)28-22-26-7-11-8-31(23(33)30(2)21(11)29-22)17-15(24)18(34-3)20(36-5)19(35-4)16(17)25/h6-7,12-13,23,33H,1,8-10H2,2-5H3,(H,27,32)(H,26,28,29). The number of hydrogen-bond acceptors (Lipinski definition) is 11. The first-order chi connectivity index (χ1) is 17.7. The van der Waals surface area contributed by atoms with Crippen LogP contribution in [0.3, 0.4) is 0 Å². The minimum absolute atomic E-state index is 0.147. The van der Waals surface area contributed by atoms with E-state index in [0.717, 1.165) is 0 Å². The van der Waals surface area contributed by atoms with Gasteiger partial charge in [0, 0.05) is 18.8 Å². The lowest BCUT2D eigenvalue weighted by Gasteiger charge is -2.42. The summed E-state index contributed by atoms with van der Waals surface area (Å²) in [5.41, 5.74) is 1.01. The normalized spacial score (nSPS) is 20.8. The zero-order chi connectivity index (χ0) is 26.9. The first kappa shape index (κ1) is 26.9. The second-order valence-corrected chi connectivity index (χ2v) is 9.07. The third-order valence-electron chi connectivity index (χ3n) is 6.18. The lowest BCUT2D eigenvalue weighted by atomic mass is 10.1. The van der Waals surface area contributed by atoms with Crippen molar-refractivity contribution in [2.24, 2.45) is 0 Å². The molecule has 3 heterocycles. The molecule has 0 saturated carbocycles. The van der Waals surface area contributed by atoms with E-state index in [1.807, 2.05) is 0 Å². The summed E-state index contributed by atoms with van der Waals surface area (Å²) >= 11 is 13.4. The monoisotopic (exact) mass is 554 g/mol. The number of carbonyl (C=O) groups excluding carboxylic acids is 1. The maximum absolute atomic E-state index is 11.7. The summed E-state index contributed by atoms with van der Waals surface area (Å²) in [7, 11) is 6.01. The van der Waals surface area contributed by atoms with Gasteiger partial charge in [-0.1, -0.05) is 29.8 Å². The van der Waals surface area contributed by atoms with E-state index < -0.39 is 6.35 Å². The third kappa shape index (κ3) is 4.89. The molecule has 14 heteroatoms. The fraction of sp³-hybridized carbons (Fsp3) is 0.435. The van der Waals surface area contributed by atoms with Crippen LogP contribution in [0.1, 0.15) is 5.56 Å². The van der Waals surface area contributed by atoms with Crippen molar-refractivity contribution in [1.82, 2.24) is 15.3 Å². The van der Waals surface area contributed by atoms with Crippen LogP contribution in [0.4, 0.5) is 17.5 Å². The van der Waals surface area contributed by atoms with Crippen LogP contribution in [-0.2, 0) is 16.1 Å². The number of nitrogens with one attached hydrogen (secondary N) is 2. The van der Waals surface area contributed by atoms with E-state index in [4.69, 9.17) is 42.1 Å². The van der Waals surface area contributed by atoms with Crippen molar-refractivity contribution in [3.05, 3.63) is 34.5 Å². The van der Waals surface area contributed by atoms with Crippen LogP contribution in [0, 0.1) is 0 Å². The largest absolute Gasteiger partial charge is 0.491 e. The van der Waals surface area contributed by atoms with Gasteiger partial charge in [0.2, 0.25) is 24.0 Å². The van der Waals surface area contributed by atoms with Gasteiger partial charge in [0.25, 0.3) is 0 Å². The Hall–Kier alpha value is -3.19. The maximum atomic E-state index is 11.7. The molecule has 2 aliphatic rings. The molecule has 1 amide bonds. The fourth-order valence-electron chi connectivity index (χ4n) is 4.32. The van der Waals surface area contributed by atoms with Crippen LogP contribution >= 0.6 is 23.2 Å². The van der Waals surface area contributed by atoms with Crippen molar-refractivity contribution in [2.75, 3.05) is 56.7 Å². The molecule has 1 aromatic carbocycles. The Bertz CT molecular complexity index is 1170. The maximum Gasteiger partial charge on any atom is 0.243 e. The second-order valence-electron chi connectivity index (χ2n) is 8.31.